The van der Waals surface area contributed by atoms with E-state index in [4.69, 9.17) is 0 Å². The van der Waals surface area contributed by atoms with E-state index in [1.54, 1.807) is 11.6 Å². The average Bonchev–Trinajstić information content (AvgIpc) is 3.07. The van der Waals surface area contributed by atoms with Crippen molar-refractivity contribution in [1.82, 2.24) is 45.3 Å². The maximum atomic E-state index is 9.61. The molecule has 2 aromatic rings. The van der Waals surface area contributed by atoms with E-state index in [2.05, 4.69) is 49.8 Å². The number of aromatic nitrogens is 8. The zero-order chi connectivity index (χ0) is 14.5. The number of nitrogens with zero attached hydrogens (tertiary/aromatic N) is 9. The molecule has 0 radical (unpaired) electrons. The summed E-state index contributed by atoms with van der Waals surface area (Å²) in [7, 11) is 0. The Morgan fingerprint density at radius 1 is 1.10 bits per heavy atom. The summed E-state index contributed by atoms with van der Waals surface area (Å²) < 4.78 is 2.92. The molecule has 10 heteroatoms. The van der Waals surface area contributed by atoms with Crippen LogP contribution in [0.2, 0.25) is 0 Å². The molecular weight excluding hydrogens is 262 g/mol. The molecule has 10 nitrogen and oxygen atoms in total. The molecule has 0 aromatic carbocycles. The molecule has 1 N–H and O–H groups in total. The SMILES string of the molecule is CCN(CC)CCn1nnnc1-c1nnnn1C(C)O. The summed E-state index contributed by atoms with van der Waals surface area (Å²) >= 11 is 0. The normalized spacial score (nSPS) is 13.1. The highest BCUT2D eigenvalue weighted by Gasteiger charge is 2.19. The standard InChI is InChI=1S/C10H19N9O/c1-4-17(5-2)6-7-18-9(11-13-15-18)10-12-14-16-19(10)8(3)20/h8,20H,4-7H2,1-3H3. The fourth-order valence-electron chi connectivity index (χ4n) is 1.88. The topological polar surface area (TPSA) is 111 Å². The van der Waals surface area contributed by atoms with Crippen LogP contribution in [0.25, 0.3) is 11.6 Å². The van der Waals surface area contributed by atoms with Crippen molar-refractivity contribution in [1.29, 1.82) is 0 Å². The summed E-state index contributed by atoms with van der Waals surface area (Å²) in [5.41, 5.74) is 0. The Morgan fingerprint density at radius 2 is 1.75 bits per heavy atom. The van der Waals surface area contributed by atoms with Crippen molar-refractivity contribution in [3.05, 3.63) is 0 Å². The zero-order valence-electron chi connectivity index (χ0n) is 11.9. The summed E-state index contributed by atoms with van der Waals surface area (Å²) in [5, 5.41) is 32.3. The van der Waals surface area contributed by atoms with E-state index in [0.29, 0.717) is 18.2 Å². The van der Waals surface area contributed by atoms with Gasteiger partial charge in [0.05, 0.1) is 6.54 Å². The highest BCUT2D eigenvalue weighted by molar-refractivity contribution is 5.40. The zero-order valence-corrected chi connectivity index (χ0v) is 11.9. The molecule has 0 bridgehead atoms. The smallest absolute Gasteiger partial charge is 0.224 e. The van der Waals surface area contributed by atoms with Crippen LogP contribution in [0.4, 0.5) is 0 Å². The van der Waals surface area contributed by atoms with Crippen LogP contribution < -0.4 is 0 Å². The number of aliphatic hydroxyl groups excluding tert-OH is 1. The monoisotopic (exact) mass is 281 g/mol. The molecule has 0 amide bonds. The van der Waals surface area contributed by atoms with Crippen molar-refractivity contribution in [3.8, 4) is 11.6 Å². The molecule has 1 unspecified atom stereocenters. The van der Waals surface area contributed by atoms with Gasteiger partial charge in [-0.15, -0.1) is 10.2 Å². The van der Waals surface area contributed by atoms with Gasteiger partial charge in [-0.1, -0.05) is 13.8 Å². The summed E-state index contributed by atoms with van der Waals surface area (Å²) in [5.74, 6) is 0.799. The molecule has 2 aromatic heterocycles. The van der Waals surface area contributed by atoms with Gasteiger partial charge >= 0.3 is 0 Å². The molecule has 0 aliphatic carbocycles. The highest BCUT2D eigenvalue weighted by Crippen LogP contribution is 2.14. The van der Waals surface area contributed by atoms with Crippen molar-refractivity contribution in [2.75, 3.05) is 19.6 Å². The molecular formula is C10H19N9O. The lowest BCUT2D eigenvalue weighted by atomic mass is 10.4. The predicted octanol–water partition coefficient (Wildman–Crippen LogP) is -0.821. The molecule has 1 atom stereocenters. The Morgan fingerprint density at radius 3 is 2.40 bits per heavy atom. The van der Waals surface area contributed by atoms with Gasteiger partial charge in [-0.2, -0.15) is 4.68 Å². The molecule has 0 spiro atoms. The first-order valence-electron chi connectivity index (χ1n) is 6.62. The molecule has 110 valence electrons. The quantitative estimate of drug-likeness (QED) is 0.700. The maximum Gasteiger partial charge on any atom is 0.224 e. The van der Waals surface area contributed by atoms with Gasteiger partial charge in [-0.3, -0.25) is 0 Å². The van der Waals surface area contributed by atoms with Crippen LogP contribution in [-0.2, 0) is 6.54 Å². The van der Waals surface area contributed by atoms with E-state index in [9.17, 15) is 5.11 Å². The van der Waals surface area contributed by atoms with Crippen LogP contribution in [0, 0.1) is 0 Å². The van der Waals surface area contributed by atoms with Gasteiger partial charge in [0, 0.05) is 6.54 Å². The Bertz CT molecular complexity index is 530. The minimum absolute atomic E-state index is 0.351. The van der Waals surface area contributed by atoms with E-state index in [-0.39, 0.29) is 0 Å². The van der Waals surface area contributed by atoms with E-state index in [0.717, 1.165) is 19.6 Å². The van der Waals surface area contributed by atoms with Crippen molar-refractivity contribution in [2.24, 2.45) is 0 Å². The van der Waals surface area contributed by atoms with E-state index < -0.39 is 6.23 Å². The summed E-state index contributed by atoms with van der Waals surface area (Å²) in [6, 6.07) is 0. The second-order valence-electron chi connectivity index (χ2n) is 4.33. The Balaban J connectivity index is 2.18. The van der Waals surface area contributed by atoms with Crippen LogP contribution in [0.1, 0.15) is 27.0 Å². The minimum atomic E-state index is -0.840. The first-order chi connectivity index (χ1) is 9.67. The largest absolute Gasteiger partial charge is 0.372 e. The number of likely N-dealkylation sites (N-methyl/N-ethyl adjacent to an activating group) is 1. The fourth-order valence-corrected chi connectivity index (χ4v) is 1.88. The maximum absolute atomic E-state index is 9.61. The Labute approximate surface area is 116 Å². The second-order valence-corrected chi connectivity index (χ2v) is 4.33. The van der Waals surface area contributed by atoms with Crippen LogP contribution >= 0.6 is 0 Å². The minimum Gasteiger partial charge on any atom is -0.372 e. The third-order valence-electron chi connectivity index (χ3n) is 3.10. The number of hydrogen-bond donors (Lipinski definition) is 1. The van der Waals surface area contributed by atoms with E-state index in [1.807, 2.05) is 0 Å². The average molecular weight is 281 g/mol. The van der Waals surface area contributed by atoms with Gasteiger partial charge < -0.3 is 10.0 Å². The van der Waals surface area contributed by atoms with Gasteiger partial charge in [-0.25, -0.2) is 4.68 Å². The molecule has 2 rings (SSSR count). The molecule has 0 aliphatic heterocycles. The van der Waals surface area contributed by atoms with Crippen molar-refractivity contribution in [2.45, 2.75) is 33.5 Å². The predicted molar refractivity (Wildman–Crippen MR) is 69.3 cm³/mol. The molecule has 2 heterocycles. The Hall–Kier alpha value is -1.94. The van der Waals surface area contributed by atoms with Crippen molar-refractivity contribution < 1.29 is 5.11 Å². The van der Waals surface area contributed by atoms with E-state index >= 15 is 0 Å². The number of aliphatic hydroxyl groups is 1. The Kier molecular flexibility index (Phi) is 4.69. The van der Waals surface area contributed by atoms with Gasteiger partial charge in [0.15, 0.2) is 0 Å². The number of rotatable bonds is 7. The van der Waals surface area contributed by atoms with Crippen LogP contribution in [-0.4, -0.2) is 70.1 Å². The lowest BCUT2D eigenvalue weighted by molar-refractivity contribution is 0.110. The molecule has 0 saturated carbocycles. The molecule has 20 heavy (non-hydrogen) atoms. The summed E-state index contributed by atoms with van der Waals surface area (Å²) in [6.45, 7) is 9.20. The number of tetrazole rings is 2. The van der Waals surface area contributed by atoms with Crippen molar-refractivity contribution >= 4 is 0 Å². The summed E-state index contributed by atoms with van der Waals surface area (Å²) in [6.07, 6.45) is -0.840. The third-order valence-corrected chi connectivity index (χ3v) is 3.10. The lowest BCUT2D eigenvalue weighted by Crippen LogP contribution is -2.27. The van der Waals surface area contributed by atoms with Gasteiger partial charge in [0.25, 0.3) is 0 Å². The fraction of sp³-hybridized carbons (Fsp3) is 0.800. The van der Waals surface area contributed by atoms with Crippen LogP contribution in [0.15, 0.2) is 0 Å². The first-order valence-corrected chi connectivity index (χ1v) is 6.62. The van der Waals surface area contributed by atoms with E-state index in [1.165, 1.54) is 4.68 Å². The van der Waals surface area contributed by atoms with Gasteiger partial charge in [0.1, 0.15) is 6.23 Å². The van der Waals surface area contributed by atoms with Crippen LogP contribution in [0.3, 0.4) is 0 Å². The first kappa shape index (κ1) is 14.5. The second kappa shape index (κ2) is 6.48. The van der Waals surface area contributed by atoms with Crippen molar-refractivity contribution in [3.63, 3.8) is 0 Å². The highest BCUT2D eigenvalue weighted by atomic mass is 16.3. The van der Waals surface area contributed by atoms with Gasteiger partial charge in [0.2, 0.25) is 11.6 Å². The lowest BCUT2D eigenvalue weighted by Gasteiger charge is -2.17. The molecule has 0 fully saturated rings. The summed E-state index contributed by atoms with van der Waals surface area (Å²) in [4.78, 5) is 2.27. The number of hydrogen-bond acceptors (Lipinski definition) is 8. The molecule has 0 saturated heterocycles. The van der Waals surface area contributed by atoms with Crippen LogP contribution in [0.5, 0.6) is 0 Å². The third kappa shape index (κ3) is 2.96. The molecule has 0 aliphatic rings. The van der Waals surface area contributed by atoms with Gasteiger partial charge in [-0.05, 0) is 40.9 Å².